The van der Waals surface area contributed by atoms with E-state index in [9.17, 15) is 9.59 Å². The molecule has 25 heavy (non-hydrogen) atoms. The molecule has 1 aliphatic carbocycles. The predicted molar refractivity (Wildman–Crippen MR) is 98.4 cm³/mol. The summed E-state index contributed by atoms with van der Waals surface area (Å²) in [6.07, 6.45) is 6.89. The van der Waals surface area contributed by atoms with Crippen LogP contribution < -0.4 is 5.32 Å². The highest BCUT2D eigenvalue weighted by molar-refractivity contribution is 5.94. The summed E-state index contributed by atoms with van der Waals surface area (Å²) in [6.45, 7) is 3.52. The zero-order valence-corrected chi connectivity index (χ0v) is 15.0. The largest absolute Gasteiger partial charge is 0.352 e. The smallest absolute Gasteiger partial charge is 0.253 e. The van der Waals surface area contributed by atoms with Crippen LogP contribution in [0.1, 0.15) is 48.9 Å². The van der Waals surface area contributed by atoms with E-state index in [0.717, 1.165) is 44.5 Å². The van der Waals surface area contributed by atoms with E-state index in [-0.39, 0.29) is 11.8 Å². The summed E-state index contributed by atoms with van der Waals surface area (Å²) in [5.41, 5.74) is 0.742. The number of hydrogen-bond donors (Lipinski definition) is 1. The second kappa shape index (κ2) is 8.99. The third kappa shape index (κ3) is 5.30. The molecule has 0 spiro atoms. The third-order valence-corrected chi connectivity index (χ3v) is 5.23. The van der Waals surface area contributed by atoms with Gasteiger partial charge in [-0.15, -0.1) is 0 Å². The van der Waals surface area contributed by atoms with Gasteiger partial charge >= 0.3 is 0 Å². The van der Waals surface area contributed by atoms with Crippen molar-refractivity contribution in [3.8, 4) is 0 Å². The van der Waals surface area contributed by atoms with Crippen LogP contribution in [-0.4, -0.2) is 60.4 Å². The van der Waals surface area contributed by atoms with Crippen LogP contribution in [0, 0.1) is 0 Å². The number of hydrogen-bond acceptors (Lipinski definition) is 3. The molecule has 2 amide bonds. The van der Waals surface area contributed by atoms with E-state index in [1.54, 1.807) is 0 Å². The normalized spacial score (nSPS) is 20.1. The molecule has 3 rings (SSSR count). The first kappa shape index (κ1) is 17.9. The van der Waals surface area contributed by atoms with Crippen LogP contribution in [0.3, 0.4) is 0 Å². The molecule has 0 radical (unpaired) electrons. The van der Waals surface area contributed by atoms with Gasteiger partial charge in [0.2, 0.25) is 5.91 Å². The molecule has 1 N–H and O–H groups in total. The molecular formula is C20H29N3O2. The lowest BCUT2D eigenvalue weighted by Gasteiger charge is -2.25. The summed E-state index contributed by atoms with van der Waals surface area (Å²) in [7, 11) is 0. The lowest BCUT2D eigenvalue weighted by Crippen LogP contribution is -2.44. The fourth-order valence-electron chi connectivity index (χ4n) is 3.82. The predicted octanol–water partition coefficient (Wildman–Crippen LogP) is 2.28. The first-order chi connectivity index (χ1) is 12.2. The van der Waals surface area contributed by atoms with Gasteiger partial charge in [-0.2, -0.15) is 0 Å². The molecule has 1 aliphatic heterocycles. The summed E-state index contributed by atoms with van der Waals surface area (Å²) in [5.74, 6) is 0.226. The maximum Gasteiger partial charge on any atom is 0.253 e. The SMILES string of the molecule is O=C(CN1CCCN(C(=O)c2ccccc2)CC1)NC1CCCCC1. The van der Waals surface area contributed by atoms with Gasteiger partial charge in [0.1, 0.15) is 0 Å². The molecule has 5 heteroatoms. The minimum atomic E-state index is 0.0918. The fourth-order valence-corrected chi connectivity index (χ4v) is 3.82. The monoisotopic (exact) mass is 343 g/mol. The Morgan fingerprint density at radius 2 is 1.68 bits per heavy atom. The fraction of sp³-hybridized carbons (Fsp3) is 0.600. The van der Waals surface area contributed by atoms with Crippen LogP contribution in [0.5, 0.6) is 0 Å². The van der Waals surface area contributed by atoms with Crippen molar-refractivity contribution in [3.63, 3.8) is 0 Å². The van der Waals surface area contributed by atoms with E-state index < -0.39 is 0 Å². The third-order valence-electron chi connectivity index (χ3n) is 5.23. The number of carbonyl (C=O) groups excluding carboxylic acids is 2. The zero-order valence-electron chi connectivity index (χ0n) is 15.0. The second-order valence-corrected chi connectivity index (χ2v) is 7.19. The zero-order chi connectivity index (χ0) is 17.5. The Balaban J connectivity index is 1.46. The Hall–Kier alpha value is -1.88. The molecule has 0 bridgehead atoms. The summed E-state index contributed by atoms with van der Waals surface area (Å²) >= 11 is 0. The number of nitrogens with one attached hydrogen (secondary N) is 1. The molecule has 2 aliphatic rings. The van der Waals surface area contributed by atoms with Crippen LogP contribution >= 0.6 is 0 Å². The van der Waals surface area contributed by atoms with Crippen molar-refractivity contribution in [3.05, 3.63) is 35.9 Å². The van der Waals surface area contributed by atoms with Crippen molar-refractivity contribution < 1.29 is 9.59 Å². The Labute approximate surface area is 150 Å². The minimum Gasteiger partial charge on any atom is -0.352 e. The van der Waals surface area contributed by atoms with E-state index in [1.807, 2.05) is 35.2 Å². The maximum absolute atomic E-state index is 12.6. The van der Waals surface area contributed by atoms with E-state index >= 15 is 0 Å². The molecule has 0 atom stereocenters. The molecule has 1 aromatic rings. The molecule has 5 nitrogen and oxygen atoms in total. The van der Waals surface area contributed by atoms with Crippen molar-refractivity contribution in [1.82, 2.24) is 15.1 Å². The van der Waals surface area contributed by atoms with E-state index in [2.05, 4.69) is 10.2 Å². The van der Waals surface area contributed by atoms with E-state index in [0.29, 0.717) is 19.1 Å². The lowest BCUT2D eigenvalue weighted by molar-refractivity contribution is -0.123. The van der Waals surface area contributed by atoms with Crippen LogP contribution in [0.2, 0.25) is 0 Å². The number of benzene rings is 1. The van der Waals surface area contributed by atoms with Gasteiger partial charge in [-0.25, -0.2) is 0 Å². The first-order valence-corrected chi connectivity index (χ1v) is 9.58. The molecule has 1 heterocycles. The summed E-state index contributed by atoms with van der Waals surface area (Å²) in [4.78, 5) is 29.0. The number of nitrogens with zero attached hydrogens (tertiary/aromatic N) is 2. The van der Waals surface area contributed by atoms with Crippen molar-refractivity contribution in [2.24, 2.45) is 0 Å². The average Bonchev–Trinajstić information content (AvgIpc) is 2.88. The summed E-state index contributed by atoms with van der Waals surface area (Å²) in [6, 6.07) is 9.81. The summed E-state index contributed by atoms with van der Waals surface area (Å²) < 4.78 is 0. The highest BCUT2D eigenvalue weighted by atomic mass is 16.2. The van der Waals surface area contributed by atoms with Crippen LogP contribution in [0.4, 0.5) is 0 Å². The quantitative estimate of drug-likeness (QED) is 0.912. The number of amides is 2. The van der Waals surface area contributed by atoms with Gasteiger partial charge in [0, 0.05) is 37.8 Å². The molecule has 1 aromatic carbocycles. The number of carbonyl (C=O) groups is 2. The lowest BCUT2D eigenvalue weighted by atomic mass is 9.95. The van der Waals surface area contributed by atoms with Gasteiger partial charge in [-0.1, -0.05) is 37.5 Å². The van der Waals surface area contributed by atoms with Gasteiger partial charge in [0.05, 0.1) is 6.54 Å². The molecule has 1 saturated heterocycles. The Morgan fingerprint density at radius 3 is 2.44 bits per heavy atom. The van der Waals surface area contributed by atoms with Crippen molar-refractivity contribution >= 4 is 11.8 Å². The summed E-state index contributed by atoms with van der Waals surface area (Å²) in [5, 5.41) is 3.19. The highest BCUT2D eigenvalue weighted by Gasteiger charge is 2.22. The van der Waals surface area contributed by atoms with E-state index in [4.69, 9.17) is 0 Å². The molecule has 2 fully saturated rings. The van der Waals surface area contributed by atoms with Gasteiger partial charge in [0.15, 0.2) is 0 Å². The van der Waals surface area contributed by atoms with Crippen molar-refractivity contribution in [2.45, 2.75) is 44.6 Å². The molecule has 0 unspecified atom stereocenters. The molecule has 0 aromatic heterocycles. The average molecular weight is 343 g/mol. The van der Waals surface area contributed by atoms with Gasteiger partial charge in [0.25, 0.3) is 5.91 Å². The molecule has 1 saturated carbocycles. The standard InChI is InChI=1S/C20H29N3O2/c24-19(21-18-10-5-2-6-11-18)16-22-12-7-13-23(15-14-22)20(25)17-8-3-1-4-9-17/h1,3-4,8-9,18H,2,5-7,10-16H2,(H,21,24). The Morgan fingerprint density at radius 1 is 0.920 bits per heavy atom. The highest BCUT2D eigenvalue weighted by Crippen LogP contribution is 2.17. The van der Waals surface area contributed by atoms with Gasteiger partial charge in [-0.3, -0.25) is 14.5 Å². The van der Waals surface area contributed by atoms with Crippen LogP contribution in [0.25, 0.3) is 0 Å². The molecule has 136 valence electrons. The maximum atomic E-state index is 12.6. The second-order valence-electron chi connectivity index (χ2n) is 7.19. The van der Waals surface area contributed by atoms with Crippen LogP contribution in [0.15, 0.2) is 30.3 Å². The topological polar surface area (TPSA) is 52.7 Å². The first-order valence-electron chi connectivity index (χ1n) is 9.58. The minimum absolute atomic E-state index is 0.0918. The van der Waals surface area contributed by atoms with Gasteiger partial charge < -0.3 is 10.2 Å². The Kier molecular flexibility index (Phi) is 6.45. The van der Waals surface area contributed by atoms with Crippen LogP contribution in [-0.2, 0) is 4.79 Å². The Bertz CT molecular complexity index is 570. The van der Waals surface area contributed by atoms with Crippen molar-refractivity contribution in [2.75, 3.05) is 32.7 Å². The van der Waals surface area contributed by atoms with Gasteiger partial charge in [-0.05, 0) is 31.4 Å². The van der Waals surface area contributed by atoms with E-state index in [1.165, 1.54) is 19.3 Å². The van der Waals surface area contributed by atoms with Crippen molar-refractivity contribution in [1.29, 1.82) is 0 Å². The molecular weight excluding hydrogens is 314 g/mol. The number of rotatable bonds is 4.